The second kappa shape index (κ2) is 7.89. The molecule has 0 saturated heterocycles. The number of hydrogen-bond acceptors (Lipinski definition) is 1. The first-order chi connectivity index (χ1) is 13.2. The Hall–Kier alpha value is -2.72. The fourth-order valence-corrected chi connectivity index (χ4v) is 3.78. The van der Waals surface area contributed by atoms with Crippen LogP contribution >= 0.6 is 11.6 Å². The van der Waals surface area contributed by atoms with Gasteiger partial charge in [0.1, 0.15) is 0 Å². The molecule has 5 heteroatoms. The van der Waals surface area contributed by atoms with Crippen LogP contribution in [0.15, 0.2) is 72.9 Å². The average Bonchev–Trinajstić information content (AvgIpc) is 3.17. The van der Waals surface area contributed by atoms with Crippen molar-refractivity contribution < 1.29 is 4.79 Å². The minimum Gasteiger partial charge on any atom is -0.348 e. The van der Waals surface area contributed by atoms with Gasteiger partial charge in [-0.1, -0.05) is 54.1 Å². The van der Waals surface area contributed by atoms with Crippen LogP contribution in [0.2, 0.25) is 5.02 Å². The first kappa shape index (κ1) is 17.7. The van der Waals surface area contributed by atoms with Gasteiger partial charge in [-0.2, -0.15) is 0 Å². The van der Waals surface area contributed by atoms with Gasteiger partial charge in [-0.05, 0) is 41.8 Å². The number of carbonyl (C=O) groups excluding carboxylic acids is 1. The molecule has 27 heavy (non-hydrogen) atoms. The summed E-state index contributed by atoms with van der Waals surface area (Å²) in [5, 5.41) is 3.78. The molecule has 0 fully saturated rings. The standard InChI is InChI=1S/C22H22ClN3O/c23-19-10-8-18(9-11-19)21-20-7-4-14-25(20)15-16-26(21)22(27)24-13-12-17-5-2-1-3-6-17/h1-11,14,21H,12-13,15-16H2,(H,24,27). The molecule has 4 nitrogen and oxygen atoms in total. The molecule has 2 heterocycles. The molecule has 138 valence electrons. The van der Waals surface area contributed by atoms with Crippen LogP contribution in [0, 0.1) is 0 Å². The van der Waals surface area contributed by atoms with Crippen molar-refractivity contribution >= 4 is 17.6 Å². The maximum Gasteiger partial charge on any atom is 0.318 e. The van der Waals surface area contributed by atoms with E-state index in [1.165, 1.54) is 5.56 Å². The molecular formula is C22H22ClN3O. The molecule has 0 aliphatic carbocycles. The number of benzene rings is 2. The van der Waals surface area contributed by atoms with E-state index >= 15 is 0 Å². The summed E-state index contributed by atoms with van der Waals surface area (Å²) in [5.74, 6) is 0. The predicted molar refractivity (Wildman–Crippen MR) is 108 cm³/mol. The molecule has 4 rings (SSSR count). The van der Waals surface area contributed by atoms with Crippen LogP contribution in [-0.4, -0.2) is 28.6 Å². The SMILES string of the molecule is O=C(NCCc1ccccc1)N1CCn2cccc2C1c1ccc(Cl)cc1. The summed E-state index contributed by atoms with van der Waals surface area (Å²) in [4.78, 5) is 14.9. The zero-order chi connectivity index (χ0) is 18.6. The molecule has 1 aliphatic rings. The second-order valence-electron chi connectivity index (χ2n) is 6.74. The molecular weight excluding hydrogens is 358 g/mol. The highest BCUT2D eigenvalue weighted by molar-refractivity contribution is 6.30. The lowest BCUT2D eigenvalue weighted by atomic mass is 10.0. The molecule has 0 saturated carbocycles. The number of nitrogens with one attached hydrogen (secondary N) is 1. The third kappa shape index (κ3) is 3.86. The summed E-state index contributed by atoms with van der Waals surface area (Å²) < 4.78 is 2.22. The molecule has 1 aromatic heterocycles. The number of aromatic nitrogens is 1. The number of nitrogens with zero attached hydrogens (tertiary/aromatic N) is 2. The summed E-state index contributed by atoms with van der Waals surface area (Å²) in [7, 11) is 0. The molecule has 1 unspecified atom stereocenters. The molecule has 0 radical (unpaired) electrons. The maximum absolute atomic E-state index is 13.0. The minimum atomic E-state index is -0.109. The minimum absolute atomic E-state index is 0.0293. The van der Waals surface area contributed by atoms with Gasteiger partial charge in [0.05, 0.1) is 6.04 Å². The smallest absolute Gasteiger partial charge is 0.318 e. The van der Waals surface area contributed by atoms with Crippen LogP contribution in [0.5, 0.6) is 0 Å². The highest BCUT2D eigenvalue weighted by Crippen LogP contribution is 2.32. The molecule has 3 aromatic rings. The number of fused-ring (bicyclic) bond motifs is 1. The van der Waals surface area contributed by atoms with Crippen molar-refractivity contribution in [2.24, 2.45) is 0 Å². The molecule has 0 spiro atoms. The lowest BCUT2D eigenvalue weighted by Gasteiger charge is -2.37. The summed E-state index contributed by atoms with van der Waals surface area (Å²) in [6.45, 7) is 2.10. The van der Waals surface area contributed by atoms with Gasteiger partial charge >= 0.3 is 6.03 Å². The Labute approximate surface area is 164 Å². The van der Waals surface area contributed by atoms with Gasteiger partial charge in [0, 0.05) is 36.5 Å². The number of amides is 2. The van der Waals surface area contributed by atoms with Crippen LogP contribution in [-0.2, 0) is 13.0 Å². The van der Waals surface area contributed by atoms with Crippen LogP contribution in [0.25, 0.3) is 0 Å². The third-order valence-electron chi connectivity index (χ3n) is 5.02. The molecule has 2 aromatic carbocycles. The van der Waals surface area contributed by atoms with E-state index in [0.29, 0.717) is 18.1 Å². The zero-order valence-electron chi connectivity index (χ0n) is 15.0. The number of halogens is 1. The summed E-state index contributed by atoms with van der Waals surface area (Å²) in [5.41, 5.74) is 3.42. The predicted octanol–water partition coefficient (Wildman–Crippen LogP) is 4.50. The van der Waals surface area contributed by atoms with Crippen molar-refractivity contribution in [1.29, 1.82) is 0 Å². The highest BCUT2D eigenvalue weighted by Gasteiger charge is 2.31. The van der Waals surface area contributed by atoms with E-state index < -0.39 is 0 Å². The molecule has 0 bridgehead atoms. The summed E-state index contributed by atoms with van der Waals surface area (Å²) >= 11 is 6.06. The van der Waals surface area contributed by atoms with Crippen molar-refractivity contribution in [2.45, 2.75) is 19.0 Å². The zero-order valence-corrected chi connectivity index (χ0v) is 15.8. The fourth-order valence-electron chi connectivity index (χ4n) is 3.66. The topological polar surface area (TPSA) is 37.3 Å². The molecule has 1 atom stereocenters. The van der Waals surface area contributed by atoms with Crippen LogP contribution in [0.3, 0.4) is 0 Å². The van der Waals surface area contributed by atoms with E-state index in [1.807, 2.05) is 53.4 Å². The lowest BCUT2D eigenvalue weighted by Crippen LogP contribution is -2.47. The van der Waals surface area contributed by atoms with Gasteiger partial charge in [0.15, 0.2) is 0 Å². The lowest BCUT2D eigenvalue weighted by molar-refractivity contribution is 0.169. The van der Waals surface area contributed by atoms with E-state index in [4.69, 9.17) is 11.6 Å². The van der Waals surface area contributed by atoms with Crippen molar-refractivity contribution in [3.63, 3.8) is 0 Å². The number of hydrogen-bond donors (Lipinski definition) is 1. The molecule has 1 aliphatic heterocycles. The molecule has 2 amide bonds. The summed E-state index contributed by atoms with van der Waals surface area (Å²) in [6.07, 6.45) is 2.89. The van der Waals surface area contributed by atoms with Crippen LogP contribution < -0.4 is 5.32 Å². The third-order valence-corrected chi connectivity index (χ3v) is 5.27. The van der Waals surface area contributed by atoms with Gasteiger partial charge in [0.25, 0.3) is 0 Å². The van der Waals surface area contributed by atoms with E-state index in [1.54, 1.807) is 0 Å². The number of urea groups is 1. The Kier molecular flexibility index (Phi) is 5.16. The normalized spacial score (nSPS) is 16.0. The van der Waals surface area contributed by atoms with E-state index in [-0.39, 0.29) is 12.1 Å². The first-order valence-electron chi connectivity index (χ1n) is 9.21. The van der Waals surface area contributed by atoms with Gasteiger partial charge in [-0.3, -0.25) is 0 Å². The summed E-state index contributed by atoms with van der Waals surface area (Å²) in [6, 6.07) is 21.9. The van der Waals surface area contributed by atoms with Crippen molar-refractivity contribution in [3.05, 3.63) is 94.8 Å². The number of carbonyl (C=O) groups is 1. The Bertz CT molecular complexity index is 905. The largest absolute Gasteiger partial charge is 0.348 e. The van der Waals surface area contributed by atoms with E-state index in [9.17, 15) is 4.79 Å². The fraction of sp³-hybridized carbons (Fsp3) is 0.227. The maximum atomic E-state index is 13.0. The first-order valence-corrected chi connectivity index (χ1v) is 9.59. The van der Waals surface area contributed by atoms with Gasteiger partial charge in [-0.25, -0.2) is 4.79 Å². The van der Waals surface area contributed by atoms with Crippen molar-refractivity contribution in [3.8, 4) is 0 Å². The Morgan fingerprint density at radius 3 is 2.56 bits per heavy atom. The van der Waals surface area contributed by atoms with Crippen LogP contribution in [0.1, 0.15) is 22.9 Å². The highest BCUT2D eigenvalue weighted by atomic mass is 35.5. The van der Waals surface area contributed by atoms with Crippen LogP contribution in [0.4, 0.5) is 4.79 Å². The van der Waals surface area contributed by atoms with Crippen molar-refractivity contribution in [1.82, 2.24) is 14.8 Å². The van der Waals surface area contributed by atoms with Gasteiger partial charge < -0.3 is 14.8 Å². The average molecular weight is 380 g/mol. The van der Waals surface area contributed by atoms with E-state index in [2.05, 4.69) is 34.3 Å². The Morgan fingerprint density at radius 2 is 1.78 bits per heavy atom. The Balaban J connectivity index is 1.51. The van der Waals surface area contributed by atoms with Gasteiger partial charge in [0.2, 0.25) is 0 Å². The van der Waals surface area contributed by atoms with E-state index in [0.717, 1.165) is 24.2 Å². The number of rotatable bonds is 4. The van der Waals surface area contributed by atoms with Crippen molar-refractivity contribution in [2.75, 3.05) is 13.1 Å². The second-order valence-corrected chi connectivity index (χ2v) is 7.18. The molecule has 1 N–H and O–H groups in total. The quantitative estimate of drug-likeness (QED) is 0.712. The monoisotopic (exact) mass is 379 g/mol. The van der Waals surface area contributed by atoms with Gasteiger partial charge in [-0.15, -0.1) is 0 Å². The Morgan fingerprint density at radius 1 is 1.00 bits per heavy atom.